The van der Waals surface area contributed by atoms with Gasteiger partial charge in [0.25, 0.3) is 0 Å². The number of pyridine rings is 1. The highest BCUT2D eigenvalue weighted by Gasteiger charge is 2.27. The summed E-state index contributed by atoms with van der Waals surface area (Å²) in [6.45, 7) is 8.22. The summed E-state index contributed by atoms with van der Waals surface area (Å²) in [5, 5.41) is 13.4. The third kappa shape index (κ3) is 5.10. The number of primary amides is 1. The van der Waals surface area contributed by atoms with Crippen molar-refractivity contribution < 1.29 is 4.79 Å². The molecule has 1 fully saturated rings. The van der Waals surface area contributed by atoms with Gasteiger partial charge in [-0.2, -0.15) is 5.26 Å². The molecule has 1 saturated heterocycles. The topological polar surface area (TPSA) is 89.5 Å². The Morgan fingerprint density at radius 1 is 1.30 bits per heavy atom. The average molecular weight is 427 g/mol. The minimum atomic E-state index is -0.518. The van der Waals surface area contributed by atoms with Crippen LogP contribution in [0.4, 0.5) is 11.5 Å². The number of nitrogens with zero attached hydrogens (tertiary/aromatic N) is 5. The molecule has 7 nitrogen and oxygen atoms in total. The first kappa shape index (κ1) is 22.1. The van der Waals surface area contributed by atoms with E-state index in [1.165, 1.54) is 0 Å². The minimum absolute atomic E-state index is 0.108. The van der Waals surface area contributed by atoms with Crippen LogP contribution in [0.1, 0.15) is 20.3 Å². The first-order valence-electron chi connectivity index (χ1n) is 10.3. The molecule has 0 bridgehead atoms. The SMILES string of the molecule is CC(C)C[C@@H](C(N)=O)N(CC#N)c1cscc1-c1ccc(N2CCN(C)CC2)nc1. The highest BCUT2D eigenvalue weighted by Crippen LogP contribution is 2.36. The van der Waals surface area contributed by atoms with Crippen LogP contribution in [0, 0.1) is 17.2 Å². The lowest BCUT2D eigenvalue weighted by molar-refractivity contribution is -0.119. The standard InChI is InChI=1S/C22H30N6OS/c1-16(2)12-19(22(24)29)28(7-6-23)20-15-30-14-18(20)17-4-5-21(25-13-17)27-10-8-26(3)9-11-27/h4-5,13-16,19H,7-12H2,1-3H3,(H2,24,29)/t19-/m0/s1. The highest BCUT2D eigenvalue weighted by molar-refractivity contribution is 7.08. The van der Waals surface area contributed by atoms with Crippen LogP contribution in [0.5, 0.6) is 0 Å². The van der Waals surface area contributed by atoms with Gasteiger partial charge < -0.3 is 20.4 Å². The Kier molecular flexibility index (Phi) is 7.29. The number of amides is 1. The second-order valence-corrected chi connectivity index (χ2v) is 8.94. The number of hydrogen-bond donors (Lipinski definition) is 1. The van der Waals surface area contributed by atoms with Gasteiger partial charge in [0.05, 0.1) is 11.8 Å². The average Bonchev–Trinajstić information content (AvgIpc) is 3.20. The summed E-state index contributed by atoms with van der Waals surface area (Å²) in [6.07, 6.45) is 2.48. The molecule has 0 radical (unpaired) electrons. The summed E-state index contributed by atoms with van der Waals surface area (Å²) >= 11 is 1.55. The zero-order valence-electron chi connectivity index (χ0n) is 17.9. The van der Waals surface area contributed by atoms with Crippen molar-refractivity contribution in [3.8, 4) is 17.2 Å². The predicted octanol–water partition coefficient (Wildman–Crippen LogP) is 2.79. The van der Waals surface area contributed by atoms with Crippen LogP contribution in [0.3, 0.4) is 0 Å². The van der Waals surface area contributed by atoms with E-state index < -0.39 is 11.9 Å². The van der Waals surface area contributed by atoms with Crippen molar-refractivity contribution in [3.05, 3.63) is 29.1 Å². The Labute approximate surface area is 182 Å². The van der Waals surface area contributed by atoms with Crippen molar-refractivity contribution >= 4 is 28.7 Å². The van der Waals surface area contributed by atoms with Crippen LogP contribution >= 0.6 is 11.3 Å². The Balaban J connectivity index is 1.87. The van der Waals surface area contributed by atoms with E-state index in [1.54, 1.807) is 11.3 Å². The third-order valence-electron chi connectivity index (χ3n) is 5.48. The van der Waals surface area contributed by atoms with Crippen LogP contribution < -0.4 is 15.5 Å². The molecule has 0 aliphatic carbocycles. The molecule has 1 atom stereocenters. The van der Waals surface area contributed by atoms with Gasteiger partial charge in [0, 0.05) is 54.3 Å². The van der Waals surface area contributed by atoms with Crippen molar-refractivity contribution in [2.24, 2.45) is 11.7 Å². The molecule has 8 heteroatoms. The zero-order valence-corrected chi connectivity index (χ0v) is 18.7. The van der Waals surface area contributed by atoms with Gasteiger partial charge in [-0.05, 0) is 31.5 Å². The van der Waals surface area contributed by atoms with Crippen LogP contribution in [0.15, 0.2) is 29.1 Å². The molecule has 3 rings (SSSR count). The molecule has 1 aliphatic heterocycles. The molecule has 0 unspecified atom stereocenters. The van der Waals surface area contributed by atoms with Crippen LogP contribution in [-0.2, 0) is 4.79 Å². The molecule has 3 heterocycles. The number of aromatic nitrogens is 1. The van der Waals surface area contributed by atoms with Crippen molar-refractivity contribution in [1.82, 2.24) is 9.88 Å². The fourth-order valence-electron chi connectivity index (χ4n) is 3.78. The summed E-state index contributed by atoms with van der Waals surface area (Å²) < 4.78 is 0. The maximum atomic E-state index is 12.2. The van der Waals surface area contributed by atoms with E-state index in [2.05, 4.69) is 48.9 Å². The Bertz CT molecular complexity index is 880. The van der Waals surface area contributed by atoms with Gasteiger partial charge in [-0.3, -0.25) is 4.79 Å². The Hall–Kier alpha value is -2.63. The number of anilines is 2. The molecule has 30 heavy (non-hydrogen) atoms. The Morgan fingerprint density at radius 3 is 2.60 bits per heavy atom. The van der Waals surface area contributed by atoms with E-state index in [0.29, 0.717) is 6.42 Å². The normalized spacial score (nSPS) is 15.8. The van der Waals surface area contributed by atoms with Crippen molar-refractivity contribution in [2.45, 2.75) is 26.3 Å². The summed E-state index contributed by atoms with van der Waals surface area (Å²) in [5.74, 6) is 0.863. The monoisotopic (exact) mass is 426 g/mol. The number of piperazine rings is 1. The summed E-state index contributed by atoms with van der Waals surface area (Å²) in [5.41, 5.74) is 8.52. The molecular formula is C22H30N6OS. The molecule has 2 aromatic rings. The number of nitriles is 1. The second-order valence-electron chi connectivity index (χ2n) is 8.20. The van der Waals surface area contributed by atoms with Crippen LogP contribution in [0.2, 0.25) is 0 Å². The molecule has 1 amide bonds. The van der Waals surface area contributed by atoms with Crippen molar-refractivity contribution in [3.63, 3.8) is 0 Å². The zero-order chi connectivity index (χ0) is 21.7. The number of carbonyl (C=O) groups excluding carboxylic acids is 1. The molecule has 0 spiro atoms. The van der Waals surface area contributed by atoms with E-state index in [4.69, 9.17) is 10.7 Å². The molecular weight excluding hydrogens is 396 g/mol. The molecule has 2 N–H and O–H groups in total. The van der Waals surface area contributed by atoms with Gasteiger partial charge in [-0.1, -0.05) is 13.8 Å². The van der Waals surface area contributed by atoms with Gasteiger partial charge in [-0.25, -0.2) is 4.98 Å². The maximum absolute atomic E-state index is 12.2. The lowest BCUT2D eigenvalue weighted by Gasteiger charge is -2.33. The van der Waals surface area contributed by atoms with Crippen molar-refractivity contribution in [2.75, 3.05) is 49.6 Å². The van der Waals surface area contributed by atoms with Gasteiger partial charge >= 0.3 is 0 Å². The van der Waals surface area contributed by atoms with Gasteiger partial charge in [0.1, 0.15) is 18.4 Å². The second kappa shape index (κ2) is 9.92. The number of thiophene rings is 1. The maximum Gasteiger partial charge on any atom is 0.240 e. The number of likely N-dealkylation sites (N-methyl/N-ethyl adjacent to an activating group) is 1. The number of carbonyl (C=O) groups is 1. The van der Waals surface area contributed by atoms with E-state index in [0.717, 1.165) is 48.8 Å². The van der Waals surface area contributed by atoms with E-state index in [-0.39, 0.29) is 12.5 Å². The van der Waals surface area contributed by atoms with Gasteiger partial charge in [0.15, 0.2) is 0 Å². The quantitative estimate of drug-likeness (QED) is 0.653. The van der Waals surface area contributed by atoms with Gasteiger partial charge in [0.2, 0.25) is 5.91 Å². The highest BCUT2D eigenvalue weighted by atomic mass is 32.1. The molecule has 160 valence electrons. The summed E-state index contributed by atoms with van der Waals surface area (Å²) in [4.78, 5) is 23.3. The van der Waals surface area contributed by atoms with Crippen molar-refractivity contribution in [1.29, 1.82) is 5.26 Å². The number of nitrogens with two attached hydrogens (primary N) is 1. The fraction of sp³-hybridized carbons (Fsp3) is 0.500. The number of rotatable bonds is 8. The predicted molar refractivity (Wildman–Crippen MR) is 123 cm³/mol. The summed E-state index contributed by atoms with van der Waals surface area (Å²) in [7, 11) is 2.14. The largest absolute Gasteiger partial charge is 0.368 e. The van der Waals surface area contributed by atoms with E-state index in [1.807, 2.05) is 21.9 Å². The lowest BCUT2D eigenvalue weighted by Crippen LogP contribution is -2.46. The van der Waals surface area contributed by atoms with E-state index in [9.17, 15) is 10.1 Å². The van der Waals surface area contributed by atoms with Crippen LogP contribution in [-0.4, -0.2) is 61.6 Å². The summed E-state index contributed by atoms with van der Waals surface area (Å²) in [6, 6.07) is 5.80. The van der Waals surface area contributed by atoms with Crippen LogP contribution in [0.25, 0.3) is 11.1 Å². The third-order valence-corrected chi connectivity index (χ3v) is 6.21. The first-order chi connectivity index (χ1) is 14.4. The Morgan fingerprint density at radius 2 is 2.03 bits per heavy atom. The first-order valence-corrected chi connectivity index (χ1v) is 11.2. The molecule has 0 saturated carbocycles. The van der Waals surface area contributed by atoms with Gasteiger partial charge in [-0.15, -0.1) is 11.3 Å². The molecule has 0 aromatic carbocycles. The van der Waals surface area contributed by atoms with E-state index >= 15 is 0 Å². The lowest BCUT2D eigenvalue weighted by atomic mass is 10.00. The minimum Gasteiger partial charge on any atom is -0.368 e. The molecule has 1 aliphatic rings. The fourth-order valence-corrected chi connectivity index (χ4v) is 4.63. The molecule has 2 aromatic heterocycles. The smallest absolute Gasteiger partial charge is 0.240 e. The number of hydrogen-bond acceptors (Lipinski definition) is 7.